The predicted molar refractivity (Wildman–Crippen MR) is 159 cm³/mol. The molecule has 5 heteroatoms. The van der Waals surface area contributed by atoms with Crippen molar-refractivity contribution in [2.75, 3.05) is 13.6 Å². The number of aliphatic imine (C=N–C) groups is 1. The van der Waals surface area contributed by atoms with E-state index in [0.29, 0.717) is 29.2 Å². The maximum Gasteiger partial charge on any atom is 0.273 e. The Morgan fingerprint density at radius 1 is 1.11 bits per heavy atom. The van der Waals surface area contributed by atoms with Gasteiger partial charge in [0.25, 0.3) is 5.91 Å². The fraction of sp³-hybridized carbons (Fsp3) is 0.394. The van der Waals surface area contributed by atoms with Crippen molar-refractivity contribution in [3.05, 3.63) is 101 Å². The average molecular weight is 518 g/mol. The van der Waals surface area contributed by atoms with Crippen LogP contribution >= 0.6 is 0 Å². The zero-order valence-electron chi connectivity index (χ0n) is 24.2. The quantitative estimate of drug-likeness (QED) is 0.386. The van der Waals surface area contributed by atoms with Gasteiger partial charge in [-0.1, -0.05) is 90.1 Å². The van der Waals surface area contributed by atoms with E-state index in [2.05, 4.69) is 32.6 Å². The number of amides is 1. The van der Waals surface area contributed by atoms with Crippen molar-refractivity contribution in [3.63, 3.8) is 0 Å². The van der Waals surface area contributed by atoms with Gasteiger partial charge < -0.3 is 9.80 Å². The fourth-order valence-electron chi connectivity index (χ4n) is 4.62. The number of hydrogen-bond acceptors (Lipinski definition) is 3. The number of benzene rings is 2. The Hall–Kier alpha value is -3.47. The minimum atomic E-state index is -0.328. The Morgan fingerprint density at radius 2 is 1.76 bits per heavy atom. The van der Waals surface area contributed by atoms with E-state index < -0.39 is 0 Å². The van der Waals surface area contributed by atoms with E-state index in [1.807, 2.05) is 62.8 Å². The van der Waals surface area contributed by atoms with Crippen LogP contribution in [0, 0.1) is 5.82 Å². The smallest absolute Gasteiger partial charge is 0.273 e. The van der Waals surface area contributed by atoms with Gasteiger partial charge in [-0.25, -0.2) is 9.38 Å². The van der Waals surface area contributed by atoms with E-state index in [4.69, 9.17) is 4.99 Å². The Bertz CT molecular complexity index is 1190. The summed E-state index contributed by atoms with van der Waals surface area (Å²) in [5, 5.41) is 0. The predicted octanol–water partition coefficient (Wildman–Crippen LogP) is 8.34. The van der Waals surface area contributed by atoms with E-state index in [9.17, 15) is 9.18 Å². The standard InChI is InChI=1S/C29H32FN3O.2C2H6/c1-5-6-12-23-19-27(29(34)33-17-16-22-11-7-8-14-25(22)21(33)3)31-28(32(23)4)18-20(2)24-13-9-10-15-26(24)30;2*1-2/h7-11,13-15,18-19,21H,2,5-6,12,16-17H2,1,3-4H3;2*1-2H3/b28-18-;;. The molecule has 0 saturated heterocycles. The van der Waals surface area contributed by atoms with Gasteiger partial charge in [0.05, 0.1) is 6.04 Å². The van der Waals surface area contributed by atoms with Crippen molar-refractivity contribution in [3.8, 4) is 0 Å². The molecule has 2 heterocycles. The van der Waals surface area contributed by atoms with Crippen LogP contribution in [0.2, 0.25) is 0 Å². The summed E-state index contributed by atoms with van der Waals surface area (Å²) < 4.78 is 14.3. The van der Waals surface area contributed by atoms with Crippen molar-refractivity contribution < 1.29 is 9.18 Å². The lowest BCUT2D eigenvalue weighted by atomic mass is 9.93. The molecule has 1 unspecified atom stereocenters. The molecule has 4 rings (SSSR count). The largest absolute Gasteiger partial charge is 0.333 e. The summed E-state index contributed by atoms with van der Waals surface area (Å²) in [6, 6.07) is 14.9. The first kappa shape index (κ1) is 30.8. The molecule has 0 aromatic heterocycles. The molecule has 204 valence electrons. The SMILES string of the molecule is C=C(/C=C1/N=C(C(=O)N2CCc3ccccc3C2C)C=C(CCCC)N1C)c1ccccc1F.CC.CC. The van der Waals surface area contributed by atoms with Gasteiger partial charge in [-0.3, -0.25) is 4.79 Å². The third-order valence-electron chi connectivity index (χ3n) is 6.70. The molecule has 2 aliphatic rings. The van der Waals surface area contributed by atoms with E-state index in [-0.39, 0.29) is 17.8 Å². The minimum Gasteiger partial charge on any atom is -0.333 e. The summed E-state index contributed by atoms with van der Waals surface area (Å²) in [6.07, 6.45) is 7.40. The highest BCUT2D eigenvalue weighted by atomic mass is 19.1. The molecule has 2 aromatic carbocycles. The van der Waals surface area contributed by atoms with Gasteiger partial charge in [0.1, 0.15) is 17.3 Å². The second-order valence-electron chi connectivity index (χ2n) is 8.93. The molecule has 0 bridgehead atoms. The number of halogens is 1. The first-order valence-electron chi connectivity index (χ1n) is 14.0. The molecule has 0 N–H and O–H groups in total. The van der Waals surface area contributed by atoms with Crippen LogP contribution in [0.3, 0.4) is 0 Å². The number of carbonyl (C=O) groups excluding carboxylic acids is 1. The van der Waals surface area contributed by atoms with Crippen LogP contribution in [-0.4, -0.2) is 35.0 Å². The number of allylic oxidation sites excluding steroid dienone is 3. The van der Waals surface area contributed by atoms with Gasteiger partial charge in [0, 0.05) is 24.9 Å². The average Bonchev–Trinajstić information content (AvgIpc) is 2.95. The van der Waals surface area contributed by atoms with Crippen LogP contribution in [0.5, 0.6) is 0 Å². The van der Waals surface area contributed by atoms with Crippen molar-refractivity contribution in [2.24, 2.45) is 4.99 Å². The normalized spacial score (nSPS) is 17.3. The highest BCUT2D eigenvalue weighted by Gasteiger charge is 2.31. The van der Waals surface area contributed by atoms with Crippen LogP contribution in [0.4, 0.5) is 4.39 Å². The zero-order chi connectivity index (χ0) is 28.2. The third-order valence-corrected chi connectivity index (χ3v) is 6.70. The van der Waals surface area contributed by atoms with Gasteiger partial charge >= 0.3 is 0 Å². The Balaban J connectivity index is 0.00000121. The summed E-state index contributed by atoms with van der Waals surface area (Å²) in [5.41, 5.74) is 4.88. The number of hydrogen-bond donors (Lipinski definition) is 0. The van der Waals surface area contributed by atoms with E-state index in [1.165, 1.54) is 17.2 Å². The van der Waals surface area contributed by atoms with Crippen LogP contribution in [0.25, 0.3) is 5.57 Å². The van der Waals surface area contributed by atoms with Gasteiger partial charge in [-0.15, -0.1) is 0 Å². The molecule has 4 nitrogen and oxygen atoms in total. The number of carbonyl (C=O) groups is 1. The van der Waals surface area contributed by atoms with Gasteiger partial charge in [-0.05, 0) is 61.1 Å². The Kier molecular flexibility index (Phi) is 12.2. The second kappa shape index (κ2) is 15.1. The highest BCUT2D eigenvalue weighted by Crippen LogP contribution is 2.31. The van der Waals surface area contributed by atoms with Crippen LogP contribution in [0.15, 0.2) is 83.8 Å². The molecule has 0 aliphatic carbocycles. The molecule has 1 amide bonds. The van der Waals surface area contributed by atoms with Crippen LogP contribution in [-0.2, 0) is 11.2 Å². The second-order valence-corrected chi connectivity index (χ2v) is 8.93. The first-order chi connectivity index (χ1) is 18.4. The lowest BCUT2D eigenvalue weighted by Gasteiger charge is -2.36. The molecule has 0 fully saturated rings. The molecule has 1 atom stereocenters. The topological polar surface area (TPSA) is 35.9 Å². The summed E-state index contributed by atoms with van der Waals surface area (Å²) in [4.78, 5) is 22.3. The molecule has 0 spiro atoms. The summed E-state index contributed by atoms with van der Waals surface area (Å²) >= 11 is 0. The third kappa shape index (κ3) is 7.09. The van der Waals surface area contributed by atoms with Crippen LogP contribution < -0.4 is 0 Å². The lowest BCUT2D eigenvalue weighted by Crippen LogP contribution is -2.43. The van der Waals surface area contributed by atoms with Crippen LogP contribution in [0.1, 0.15) is 83.5 Å². The maximum atomic E-state index is 14.3. The van der Waals surface area contributed by atoms with Gasteiger partial charge in [0.2, 0.25) is 0 Å². The van der Waals surface area contributed by atoms with E-state index in [1.54, 1.807) is 24.3 Å². The first-order valence-corrected chi connectivity index (χ1v) is 14.0. The highest BCUT2D eigenvalue weighted by molar-refractivity contribution is 6.43. The summed E-state index contributed by atoms with van der Waals surface area (Å²) in [6.45, 7) is 16.9. The molecular weight excluding hydrogens is 473 g/mol. The van der Waals surface area contributed by atoms with E-state index in [0.717, 1.165) is 31.4 Å². The van der Waals surface area contributed by atoms with Crippen molar-refractivity contribution in [2.45, 2.75) is 73.3 Å². The lowest BCUT2D eigenvalue weighted by molar-refractivity contribution is -0.126. The molecule has 0 saturated carbocycles. The van der Waals surface area contributed by atoms with Gasteiger partial charge in [-0.2, -0.15) is 0 Å². The fourth-order valence-corrected chi connectivity index (χ4v) is 4.62. The minimum absolute atomic E-state index is 0.0203. The number of rotatable bonds is 6. The molecular formula is C33H44FN3O. The maximum absolute atomic E-state index is 14.3. The van der Waals surface area contributed by atoms with Gasteiger partial charge in [0.15, 0.2) is 0 Å². The number of fused-ring (bicyclic) bond motifs is 1. The number of unbranched alkanes of at least 4 members (excludes halogenated alkanes) is 1. The van der Waals surface area contributed by atoms with Crippen molar-refractivity contribution >= 4 is 17.2 Å². The molecule has 0 radical (unpaired) electrons. The Morgan fingerprint density at radius 3 is 2.45 bits per heavy atom. The summed E-state index contributed by atoms with van der Waals surface area (Å²) in [5.74, 6) is 0.187. The molecule has 2 aliphatic heterocycles. The monoisotopic (exact) mass is 517 g/mol. The molecule has 2 aromatic rings. The number of nitrogens with zero attached hydrogens (tertiary/aromatic N) is 3. The van der Waals surface area contributed by atoms with Crippen molar-refractivity contribution in [1.29, 1.82) is 0 Å². The zero-order valence-corrected chi connectivity index (χ0v) is 24.2. The molecule has 38 heavy (non-hydrogen) atoms. The van der Waals surface area contributed by atoms with Crippen molar-refractivity contribution in [1.82, 2.24) is 9.80 Å². The summed E-state index contributed by atoms with van der Waals surface area (Å²) in [7, 11) is 1.94. The van der Waals surface area contributed by atoms with E-state index >= 15 is 0 Å². The Labute approximate surface area is 229 Å².